The fourth-order valence-corrected chi connectivity index (χ4v) is 1.84. The van der Waals surface area contributed by atoms with Gasteiger partial charge >= 0.3 is 12.1 Å². The number of benzene rings is 1. The Balaban J connectivity index is 2.66. The Kier molecular flexibility index (Phi) is 7.03. The molecule has 2 N–H and O–H groups in total. The smallest absolute Gasteiger partial charge is 0.435 e. The van der Waals surface area contributed by atoms with Crippen molar-refractivity contribution in [3.63, 3.8) is 0 Å². The summed E-state index contributed by atoms with van der Waals surface area (Å²) < 4.78 is 4.44. The maximum Gasteiger partial charge on any atom is 0.435 e. The molecule has 0 bridgehead atoms. The van der Waals surface area contributed by atoms with Crippen LogP contribution >= 0.6 is 11.8 Å². The molecule has 0 saturated heterocycles. The predicted octanol–water partition coefficient (Wildman–Crippen LogP) is 3.16. The molecule has 0 radical (unpaired) electrons. The van der Waals surface area contributed by atoms with Gasteiger partial charge in [0, 0.05) is 11.4 Å². The lowest BCUT2D eigenvalue weighted by atomic mass is 10.2. The summed E-state index contributed by atoms with van der Waals surface area (Å²) in [5.74, 6) is 0.501. The number of amidine groups is 1. The highest BCUT2D eigenvalue weighted by Crippen LogP contribution is 2.09. The van der Waals surface area contributed by atoms with E-state index in [1.54, 1.807) is 18.2 Å². The molecule has 112 valence electrons. The van der Waals surface area contributed by atoms with Gasteiger partial charge in [-0.15, -0.1) is 6.58 Å². The summed E-state index contributed by atoms with van der Waals surface area (Å²) in [5.41, 5.74) is 1.74. The normalized spacial score (nSPS) is 10.7. The van der Waals surface area contributed by atoms with E-state index >= 15 is 0 Å². The van der Waals surface area contributed by atoms with Gasteiger partial charge in [-0.2, -0.15) is 4.99 Å². The molecule has 1 aromatic rings. The van der Waals surface area contributed by atoms with E-state index in [1.807, 2.05) is 19.1 Å². The molecule has 0 fully saturated rings. The Morgan fingerprint density at radius 1 is 1.38 bits per heavy atom. The quantitative estimate of drug-likeness (QED) is 0.511. The number of ether oxygens (including phenoxy) is 1. The number of aryl methyl sites for hydroxylation is 1. The first-order valence-electron chi connectivity index (χ1n) is 6.10. The molecule has 1 rings (SSSR count). The number of urea groups is 1. The van der Waals surface area contributed by atoms with Gasteiger partial charge in [0.25, 0.3) is 0 Å². The highest BCUT2D eigenvalue weighted by Gasteiger charge is 2.09. The fourth-order valence-electron chi connectivity index (χ4n) is 1.26. The zero-order valence-electron chi connectivity index (χ0n) is 11.9. The van der Waals surface area contributed by atoms with Crippen molar-refractivity contribution in [3.05, 3.63) is 42.5 Å². The van der Waals surface area contributed by atoms with Crippen LogP contribution in [-0.2, 0) is 4.74 Å². The van der Waals surface area contributed by atoms with E-state index in [0.717, 1.165) is 5.56 Å². The van der Waals surface area contributed by atoms with Crippen LogP contribution in [0.15, 0.2) is 41.9 Å². The van der Waals surface area contributed by atoms with E-state index in [4.69, 9.17) is 0 Å². The number of carbonyl (C=O) groups excluding carboxylic acids is 2. The van der Waals surface area contributed by atoms with Crippen LogP contribution in [0.4, 0.5) is 15.3 Å². The number of rotatable bonds is 3. The first-order valence-corrected chi connectivity index (χ1v) is 7.08. The number of anilines is 1. The number of thioether (sulfide) groups is 1. The van der Waals surface area contributed by atoms with E-state index in [9.17, 15) is 9.59 Å². The van der Waals surface area contributed by atoms with Crippen molar-refractivity contribution < 1.29 is 14.3 Å². The minimum absolute atomic E-state index is 0.145. The van der Waals surface area contributed by atoms with Crippen LogP contribution in [-0.4, -0.2) is 30.2 Å². The van der Waals surface area contributed by atoms with E-state index in [2.05, 4.69) is 26.9 Å². The van der Waals surface area contributed by atoms with Gasteiger partial charge in [-0.05, 0) is 19.1 Å². The second-order valence-corrected chi connectivity index (χ2v) is 4.94. The van der Waals surface area contributed by atoms with Gasteiger partial charge in [-0.1, -0.05) is 35.5 Å². The summed E-state index contributed by atoms with van der Waals surface area (Å²) in [7, 11) is 1.22. The number of aliphatic imine (C=N–C) groups is 1. The predicted molar refractivity (Wildman–Crippen MR) is 85.8 cm³/mol. The Hall–Kier alpha value is -2.28. The van der Waals surface area contributed by atoms with Crippen LogP contribution < -0.4 is 10.6 Å². The highest BCUT2D eigenvalue weighted by molar-refractivity contribution is 8.14. The number of amides is 3. The summed E-state index contributed by atoms with van der Waals surface area (Å²) >= 11 is 1.17. The standard InChI is InChI=1S/C14H17N3O3S/c1-4-9-21-13(17-14(19)20-3)16-12(18)15-11-7-5-10(2)6-8-11/h4-8H,1,9H2,2-3H3,(H2,15,16,17,18,19). The molecule has 7 heteroatoms. The zero-order valence-corrected chi connectivity index (χ0v) is 12.7. The van der Waals surface area contributed by atoms with Crippen LogP contribution in [0, 0.1) is 6.92 Å². The van der Waals surface area contributed by atoms with Gasteiger partial charge in [-0.25, -0.2) is 9.59 Å². The van der Waals surface area contributed by atoms with Crippen molar-refractivity contribution in [2.24, 2.45) is 4.99 Å². The number of hydrogen-bond donors (Lipinski definition) is 2. The highest BCUT2D eigenvalue weighted by atomic mass is 32.2. The summed E-state index contributed by atoms with van der Waals surface area (Å²) in [6.07, 6.45) is 0.856. The second-order valence-electron chi connectivity index (χ2n) is 3.93. The molecule has 0 saturated carbocycles. The molecule has 0 aliphatic heterocycles. The third-order valence-corrected chi connectivity index (χ3v) is 3.10. The van der Waals surface area contributed by atoms with Crippen LogP contribution in [0.2, 0.25) is 0 Å². The van der Waals surface area contributed by atoms with Gasteiger partial charge in [0.15, 0.2) is 5.17 Å². The topological polar surface area (TPSA) is 79.8 Å². The fraction of sp³-hybridized carbons (Fsp3) is 0.214. The van der Waals surface area contributed by atoms with Crippen molar-refractivity contribution in [1.82, 2.24) is 5.32 Å². The first-order chi connectivity index (χ1) is 10.0. The monoisotopic (exact) mass is 307 g/mol. The first kappa shape index (κ1) is 16.8. The Bertz CT molecular complexity index is 541. The maximum absolute atomic E-state index is 11.8. The van der Waals surface area contributed by atoms with Crippen molar-refractivity contribution in [2.45, 2.75) is 6.92 Å². The number of methoxy groups -OCH3 is 1. The lowest BCUT2D eigenvalue weighted by Gasteiger charge is -2.09. The van der Waals surface area contributed by atoms with Crippen molar-refractivity contribution in [2.75, 3.05) is 18.2 Å². The van der Waals surface area contributed by atoms with Crippen molar-refractivity contribution >= 4 is 34.7 Å². The third kappa shape index (κ3) is 6.62. The average Bonchev–Trinajstić information content (AvgIpc) is 2.47. The molecular weight excluding hydrogens is 290 g/mol. The van der Waals surface area contributed by atoms with E-state index in [-0.39, 0.29) is 5.17 Å². The summed E-state index contributed by atoms with van der Waals surface area (Å²) in [5, 5.41) is 5.28. The minimum atomic E-state index is -0.780. The zero-order chi connectivity index (χ0) is 15.7. The number of nitrogens with one attached hydrogen (secondary N) is 2. The Labute approximate surface area is 127 Å². The molecule has 0 aromatic heterocycles. The summed E-state index contributed by atoms with van der Waals surface area (Å²) in [4.78, 5) is 26.6. The van der Waals surface area contributed by atoms with Crippen LogP contribution in [0.1, 0.15) is 5.56 Å². The van der Waals surface area contributed by atoms with Crippen molar-refractivity contribution in [3.8, 4) is 0 Å². The number of carbonyl (C=O) groups is 2. The molecule has 21 heavy (non-hydrogen) atoms. The van der Waals surface area contributed by atoms with Gasteiger partial charge in [-0.3, -0.25) is 5.32 Å². The summed E-state index contributed by atoms with van der Waals surface area (Å²) in [6, 6.07) is 6.83. The number of hydrogen-bond acceptors (Lipinski definition) is 4. The van der Waals surface area contributed by atoms with Gasteiger partial charge < -0.3 is 10.1 Å². The molecule has 1 aromatic carbocycles. The SMILES string of the molecule is C=CCS/C(=N\C(=O)OC)NC(=O)Nc1ccc(C)cc1. The van der Waals surface area contributed by atoms with Crippen molar-refractivity contribution in [1.29, 1.82) is 0 Å². The maximum atomic E-state index is 11.8. The molecule has 0 atom stereocenters. The molecule has 0 aliphatic rings. The largest absolute Gasteiger partial charge is 0.451 e. The molecule has 0 spiro atoms. The molecule has 0 heterocycles. The Morgan fingerprint density at radius 2 is 2.05 bits per heavy atom. The molecule has 3 amide bonds. The molecule has 0 unspecified atom stereocenters. The van der Waals surface area contributed by atoms with Crippen LogP contribution in [0.3, 0.4) is 0 Å². The van der Waals surface area contributed by atoms with Crippen LogP contribution in [0.25, 0.3) is 0 Å². The number of nitrogens with zero attached hydrogens (tertiary/aromatic N) is 1. The van der Waals surface area contributed by atoms with E-state index < -0.39 is 12.1 Å². The van der Waals surface area contributed by atoms with Crippen LogP contribution in [0.5, 0.6) is 0 Å². The lowest BCUT2D eigenvalue weighted by molar-refractivity contribution is 0.182. The second kappa shape index (κ2) is 8.80. The van der Waals surface area contributed by atoms with E-state index in [0.29, 0.717) is 11.4 Å². The minimum Gasteiger partial charge on any atom is -0.451 e. The van der Waals surface area contributed by atoms with Gasteiger partial charge in [0.05, 0.1) is 7.11 Å². The third-order valence-electron chi connectivity index (χ3n) is 2.24. The molecule has 6 nitrogen and oxygen atoms in total. The molecular formula is C14H17N3O3S. The Morgan fingerprint density at radius 3 is 2.62 bits per heavy atom. The van der Waals surface area contributed by atoms with Gasteiger partial charge in [0.2, 0.25) is 0 Å². The lowest BCUT2D eigenvalue weighted by Crippen LogP contribution is -2.33. The summed E-state index contributed by atoms with van der Waals surface area (Å²) in [6.45, 7) is 5.52. The average molecular weight is 307 g/mol. The van der Waals surface area contributed by atoms with E-state index in [1.165, 1.54) is 18.9 Å². The van der Waals surface area contributed by atoms with Gasteiger partial charge in [0.1, 0.15) is 0 Å². The molecule has 0 aliphatic carbocycles.